The Balaban J connectivity index is 2.79. The molecule has 1 aromatic heterocycles. The van der Waals surface area contributed by atoms with Crippen LogP contribution in [-0.4, -0.2) is 9.97 Å². The molecule has 1 heterocycles. The van der Waals surface area contributed by atoms with Crippen molar-refractivity contribution in [2.24, 2.45) is 5.90 Å². The number of aromatic nitrogens is 2. The number of rotatable bonds is 1. The SMILES string of the molecule is NOc1ncnc2ccccc12. The maximum absolute atomic E-state index is 5.03. The number of fused-ring (bicyclic) bond motifs is 1. The van der Waals surface area contributed by atoms with Crippen LogP contribution in [0.25, 0.3) is 10.9 Å². The molecular formula is C8H7N3O. The molecule has 1 aromatic carbocycles. The molecule has 0 unspecified atom stereocenters. The van der Waals surface area contributed by atoms with Gasteiger partial charge in [-0.1, -0.05) is 12.1 Å². The van der Waals surface area contributed by atoms with Crippen molar-refractivity contribution >= 4 is 10.9 Å². The summed E-state index contributed by atoms with van der Waals surface area (Å²) in [5.74, 6) is 5.43. The minimum atomic E-state index is 0.403. The molecule has 0 saturated carbocycles. The van der Waals surface area contributed by atoms with Crippen molar-refractivity contribution in [2.75, 3.05) is 0 Å². The molecule has 60 valence electrons. The van der Waals surface area contributed by atoms with E-state index in [1.165, 1.54) is 6.33 Å². The topological polar surface area (TPSA) is 61.0 Å². The summed E-state index contributed by atoms with van der Waals surface area (Å²) in [6.45, 7) is 0. The lowest BCUT2D eigenvalue weighted by molar-refractivity contribution is 0.325. The first-order valence-corrected chi connectivity index (χ1v) is 3.48. The van der Waals surface area contributed by atoms with Crippen molar-refractivity contribution in [1.82, 2.24) is 9.97 Å². The molecule has 0 atom stereocenters. The first-order valence-electron chi connectivity index (χ1n) is 3.48. The van der Waals surface area contributed by atoms with E-state index in [9.17, 15) is 0 Å². The van der Waals surface area contributed by atoms with E-state index in [1.54, 1.807) is 0 Å². The van der Waals surface area contributed by atoms with Crippen molar-refractivity contribution in [3.63, 3.8) is 0 Å². The molecule has 2 aromatic rings. The minimum Gasteiger partial charge on any atom is -0.390 e. The fraction of sp³-hybridized carbons (Fsp3) is 0. The van der Waals surface area contributed by atoms with Gasteiger partial charge in [0, 0.05) is 0 Å². The fourth-order valence-electron chi connectivity index (χ4n) is 1.07. The third kappa shape index (κ3) is 0.981. The summed E-state index contributed by atoms with van der Waals surface area (Å²) >= 11 is 0. The molecule has 2 rings (SSSR count). The van der Waals surface area contributed by atoms with Crippen LogP contribution in [0.15, 0.2) is 30.6 Å². The molecule has 2 N–H and O–H groups in total. The van der Waals surface area contributed by atoms with Crippen LogP contribution in [-0.2, 0) is 0 Å². The number of nitrogens with zero attached hydrogens (tertiary/aromatic N) is 2. The van der Waals surface area contributed by atoms with Gasteiger partial charge in [0.1, 0.15) is 6.33 Å². The van der Waals surface area contributed by atoms with Gasteiger partial charge in [-0.3, -0.25) is 0 Å². The molecule has 12 heavy (non-hydrogen) atoms. The lowest BCUT2D eigenvalue weighted by Gasteiger charge is -2.00. The number of benzene rings is 1. The Labute approximate surface area is 69.0 Å². The van der Waals surface area contributed by atoms with E-state index < -0.39 is 0 Å². The predicted octanol–water partition coefficient (Wildman–Crippen LogP) is 0.882. The normalized spacial score (nSPS) is 10.1. The van der Waals surface area contributed by atoms with Crippen LogP contribution in [0.4, 0.5) is 0 Å². The van der Waals surface area contributed by atoms with Gasteiger partial charge in [-0.15, -0.1) is 0 Å². The van der Waals surface area contributed by atoms with Crippen LogP contribution >= 0.6 is 0 Å². The highest BCUT2D eigenvalue weighted by molar-refractivity contribution is 5.82. The molecule has 0 fully saturated rings. The third-order valence-electron chi connectivity index (χ3n) is 1.62. The van der Waals surface area contributed by atoms with E-state index in [0.717, 1.165) is 10.9 Å². The van der Waals surface area contributed by atoms with Crippen LogP contribution in [0.3, 0.4) is 0 Å². The average molecular weight is 161 g/mol. The molecule has 0 radical (unpaired) electrons. The second-order valence-corrected chi connectivity index (χ2v) is 2.31. The Morgan fingerprint density at radius 3 is 2.83 bits per heavy atom. The zero-order chi connectivity index (χ0) is 8.39. The lowest BCUT2D eigenvalue weighted by atomic mass is 10.2. The minimum absolute atomic E-state index is 0.403. The van der Waals surface area contributed by atoms with Crippen molar-refractivity contribution in [1.29, 1.82) is 0 Å². The molecule has 0 aliphatic heterocycles. The van der Waals surface area contributed by atoms with E-state index in [0.29, 0.717) is 5.88 Å². The Kier molecular flexibility index (Phi) is 1.60. The molecule has 4 heteroatoms. The molecule has 0 spiro atoms. The van der Waals surface area contributed by atoms with Crippen molar-refractivity contribution in [3.8, 4) is 5.88 Å². The monoisotopic (exact) mass is 161 g/mol. The number of para-hydroxylation sites is 1. The zero-order valence-electron chi connectivity index (χ0n) is 6.27. The molecule has 4 nitrogen and oxygen atoms in total. The highest BCUT2D eigenvalue weighted by Gasteiger charge is 2.00. The summed E-state index contributed by atoms with van der Waals surface area (Å²) in [5.41, 5.74) is 0.827. The lowest BCUT2D eigenvalue weighted by Crippen LogP contribution is -2.04. The molecule has 0 saturated heterocycles. The van der Waals surface area contributed by atoms with Gasteiger partial charge in [-0.2, -0.15) is 10.9 Å². The third-order valence-corrected chi connectivity index (χ3v) is 1.62. The summed E-state index contributed by atoms with van der Waals surface area (Å²) in [7, 11) is 0. The summed E-state index contributed by atoms with van der Waals surface area (Å²) in [6.07, 6.45) is 1.42. The molecule has 0 amide bonds. The largest absolute Gasteiger partial charge is 0.390 e. The number of nitrogens with two attached hydrogens (primary N) is 1. The van der Waals surface area contributed by atoms with Gasteiger partial charge < -0.3 is 4.84 Å². The summed E-state index contributed by atoms with van der Waals surface area (Å²) < 4.78 is 0. The van der Waals surface area contributed by atoms with Gasteiger partial charge >= 0.3 is 0 Å². The van der Waals surface area contributed by atoms with Crippen molar-refractivity contribution in [3.05, 3.63) is 30.6 Å². The summed E-state index contributed by atoms with van der Waals surface area (Å²) in [4.78, 5) is 12.5. The quantitative estimate of drug-likeness (QED) is 0.631. The van der Waals surface area contributed by atoms with E-state index in [1.807, 2.05) is 24.3 Å². The average Bonchev–Trinajstić information content (AvgIpc) is 2.17. The summed E-state index contributed by atoms with van der Waals surface area (Å²) in [5, 5.41) is 0.822. The Morgan fingerprint density at radius 1 is 1.17 bits per heavy atom. The van der Waals surface area contributed by atoms with Crippen LogP contribution in [0.2, 0.25) is 0 Å². The molecular weight excluding hydrogens is 154 g/mol. The predicted molar refractivity (Wildman–Crippen MR) is 44.4 cm³/mol. The fourth-order valence-corrected chi connectivity index (χ4v) is 1.07. The zero-order valence-corrected chi connectivity index (χ0v) is 6.27. The van der Waals surface area contributed by atoms with Crippen molar-refractivity contribution in [2.45, 2.75) is 0 Å². The molecule has 0 aliphatic carbocycles. The highest BCUT2D eigenvalue weighted by Crippen LogP contribution is 2.18. The maximum Gasteiger partial charge on any atom is 0.248 e. The Hall–Kier alpha value is -1.68. The second kappa shape index (κ2) is 2.75. The van der Waals surface area contributed by atoms with E-state index in [-0.39, 0.29) is 0 Å². The van der Waals surface area contributed by atoms with Crippen molar-refractivity contribution < 1.29 is 4.84 Å². The first kappa shape index (κ1) is 7.00. The van der Waals surface area contributed by atoms with Gasteiger partial charge in [0.2, 0.25) is 5.88 Å². The maximum atomic E-state index is 5.03. The Bertz CT molecular complexity index is 397. The van der Waals surface area contributed by atoms with E-state index in [2.05, 4.69) is 14.8 Å². The number of hydrogen-bond donors (Lipinski definition) is 1. The van der Waals surface area contributed by atoms with E-state index >= 15 is 0 Å². The smallest absolute Gasteiger partial charge is 0.248 e. The standard InChI is InChI=1S/C8H7N3O/c9-12-8-6-3-1-2-4-7(6)10-5-11-8/h1-5H,9H2. The molecule has 0 bridgehead atoms. The first-order chi connectivity index (χ1) is 5.92. The molecule has 0 aliphatic rings. The van der Waals surface area contributed by atoms with Gasteiger partial charge in [0.25, 0.3) is 0 Å². The van der Waals surface area contributed by atoms with Crippen LogP contribution < -0.4 is 10.7 Å². The van der Waals surface area contributed by atoms with Crippen LogP contribution in [0, 0.1) is 0 Å². The van der Waals surface area contributed by atoms with Gasteiger partial charge in [-0.05, 0) is 12.1 Å². The van der Waals surface area contributed by atoms with Crippen LogP contribution in [0.5, 0.6) is 5.88 Å². The van der Waals surface area contributed by atoms with E-state index in [4.69, 9.17) is 5.90 Å². The summed E-state index contributed by atoms with van der Waals surface area (Å²) in [6, 6.07) is 7.51. The second-order valence-electron chi connectivity index (χ2n) is 2.31. The Morgan fingerprint density at radius 2 is 2.00 bits per heavy atom. The number of hydrogen-bond acceptors (Lipinski definition) is 4. The van der Waals surface area contributed by atoms with Crippen LogP contribution in [0.1, 0.15) is 0 Å². The highest BCUT2D eigenvalue weighted by atomic mass is 16.6. The van der Waals surface area contributed by atoms with Gasteiger partial charge in [-0.25, -0.2) is 4.98 Å². The van der Waals surface area contributed by atoms with Gasteiger partial charge in [0.05, 0.1) is 10.9 Å². The van der Waals surface area contributed by atoms with Gasteiger partial charge in [0.15, 0.2) is 0 Å².